The second-order valence-corrected chi connectivity index (χ2v) is 8.67. The Morgan fingerprint density at radius 1 is 0.824 bits per heavy atom. The summed E-state index contributed by atoms with van der Waals surface area (Å²) in [6, 6.07) is 28.5. The zero-order chi connectivity index (χ0) is 23.3. The van der Waals surface area contributed by atoms with Crippen molar-refractivity contribution < 1.29 is 4.79 Å². The molecule has 0 saturated carbocycles. The molecule has 6 nitrogen and oxygen atoms in total. The molecule has 172 valence electrons. The van der Waals surface area contributed by atoms with Gasteiger partial charge < -0.3 is 9.88 Å². The van der Waals surface area contributed by atoms with E-state index < -0.39 is 0 Å². The highest BCUT2D eigenvalue weighted by Crippen LogP contribution is 2.29. The highest BCUT2D eigenvalue weighted by molar-refractivity contribution is 5.78. The molecule has 34 heavy (non-hydrogen) atoms. The van der Waals surface area contributed by atoms with Crippen molar-refractivity contribution in [2.45, 2.75) is 18.9 Å². The highest BCUT2D eigenvalue weighted by Gasteiger charge is 2.28. The van der Waals surface area contributed by atoms with Crippen LogP contribution in [-0.2, 0) is 11.2 Å². The monoisotopic (exact) mass is 452 g/mol. The molecule has 1 N–H and O–H groups in total. The van der Waals surface area contributed by atoms with Gasteiger partial charge in [-0.1, -0.05) is 72.8 Å². The molecule has 1 saturated heterocycles. The van der Waals surface area contributed by atoms with Gasteiger partial charge in [0.2, 0.25) is 5.91 Å². The van der Waals surface area contributed by atoms with E-state index in [4.69, 9.17) is 0 Å². The molecule has 0 spiro atoms. The van der Waals surface area contributed by atoms with Crippen LogP contribution in [0, 0.1) is 0 Å². The maximum Gasteiger partial charge on any atom is 0.258 e. The summed E-state index contributed by atoms with van der Waals surface area (Å²) in [5.41, 5.74) is 3.03. The molecule has 0 atom stereocenters. The Bertz CT molecular complexity index is 1270. The van der Waals surface area contributed by atoms with Crippen LogP contribution in [0.25, 0.3) is 10.9 Å². The van der Waals surface area contributed by atoms with Crippen LogP contribution in [0.1, 0.15) is 29.4 Å². The average molecular weight is 453 g/mol. The number of amides is 1. The lowest BCUT2D eigenvalue weighted by molar-refractivity contribution is -0.133. The number of hydrogen-bond acceptors (Lipinski definition) is 4. The van der Waals surface area contributed by atoms with Gasteiger partial charge in [-0.25, -0.2) is 4.98 Å². The first-order valence-corrected chi connectivity index (χ1v) is 11.8. The fourth-order valence-electron chi connectivity index (χ4n) is 4.75. The Morgan fingerprint density at radius 3 is 2.06 bits per heavy atom. The molecular weight excluding hydrogens is 424 g/mol. The summed E-state index contributed by atoms with van der Waals surface area (Å²) in [5.74, 6) is 0.662. The number of aromatic nitrogens is 2. The molecule has 4 aromatic rings. The van der Waals surface area contributed by atoms with Crippen LogP contribution in [0.3, 0.4) is 0 Å². The molecule has 0 unspecified atom stereocenters. The van der Waals surface area contributed by atoms with Crippen molar-refractivity contribution in [3.8, 4) is 0 Å². The van der Waals surface area contributed by atoms with Crippen LogP contribution >= 0.6 is 0 Å². The van der Waals surface area contributed by atoms with Gasteiger partial charge in [0.25, 0.3) is 5.56 Å². The lowest BCUT2D eigenvalue weighted by atomic mass is 9.96. The first kappa shape index (κ1) is 22.0. The smallest absolute Gasteiger partial charge is 0.258 e. The van der Waals surface area contributed by atoms with E-state index in [-0.39, 0.29) is 17.5 Å². The Hall–Kier alpha value is -3.77. The number of hydrogen-bond donors (Lipinski definition) is 1. The van der Waals surface area contributed by atoms with Crippen LogP contribution in [0.4, 0.5) is 0 Å². The highest BCUT2D eigenvalue weighted by atomic mass is 16.2. The molecule has 2 heterocycles. The fourth-order valence-corrected chi connectivity index (χ4v) is 4.75. The second-order valence-electron chi connectivity index (χ2n) is 8.67. The number of carbonyl (C=O) groups is 1. The van der Waals surface area contributed by atoms with Gasteiger partial charge in [0.15, 0.2) is 0 Å². The molecule has 1 aliphatic rings. The molecule has 1 aliphatic heterocycles. The number of aromatic amines is 1. The number of para-hydroxylation sites is 1. The van der Waals surface area contributed by atoms with Crippen molar-refractivity contribution in [3.63, 3.8) is 0 Å². The third-order valence-corrected chi connectivity index (χ3v) is 6.50. The van der Waals surface area contributed by atoms with Gasteiger partial charge in [-0.05, 0) is 23.3 Å². The number of carbonyl (C=O) groups excluding carboxylic acids is 1. The van der Waals surface area contributed by atoms with Crippen molar-refractivity contribution in [2.75, 3.05) is 26.2 Å². The number of fused-ring (bicyclic) bond motifs is 1. The first-order chi connectivity index (χ1) is 16.7. The summed E-state index contributed by atoms with van der Waals surface area (Å²) in [4.78, 5) is 36.9. The lowest BCUT2D eigenvalue weighted by Gasteiger charge is -2.39. The number of benzene rings is 3. The van der Waals surface area contributed by atoms with Gasteiger partial charge in [0.05, 0.1) is 16.9 Å². The van der Waals surface area contributed by atoms with Gasteiger partial charge in [-0.3, -0.25) is 14.5 Å². The summed E-state index contributed by atoms with van der Waals surface area (Å²) in [7, 11) is 0. The van der Waals surface area contributed by atoms with E-state index in [1.165, 1.54) is 11.1 Å². The van der Waals surface area contributed by atoms with Crippen molar-refractivity contribution >= 4 is 16.8 Å². The Morgan fingerprint density at radius 2 is 1.41 bits per heavy atom. The Labute approximate surface area is 198 Å². The van der Waals surface area contributed by atoms with Gasteiger partial charge in [-0.2, -0.15) is 0 Å². The van der Waals surface area contributed by atoms with Crippen LogP contribution in [0.5, 0.6) is 0 Å². The van der Waals surface area contributed by atoms with E-state index in [2.05, 4.69) is 63.4 Å². The van der Waals surface area contributed by atoms with E-state index >= 15 is 0 Å². The van der Waals surface area contributed by atoms with Crippen molar-refractivity contribution in [3.05, 3.63) is 112 Å². The summed E-state index contributed by atoms with van der Waals surface area (Å²) < 4.78 is 0. The van der Waals surface area contributed by atoms with E-state index in [0.717, 1.165) is 13.1 Å². The second kappa shape index (κ2) is 10.0. The standard InChI is InChI=1S/C28H28N4O2/c33-26(16-15-25-29-24-14-8-7-13-23(24)28(34)30-25)31-17-19-32(20-18-31)27(21-9-3-1-4-10-21)22-11-5-2-6-12-22/h1-14,27H,15-20H2,(H,29,30,34). The van der Waals surface area contributed by atoms with Gasteiger partial charge in [0.1, 0.15) is 5.82 Å². The number of piperazine rings is 1. The van der Waals surface area contributed by atoms with Gasteiger partial charge in [-0.15, -0.1) is 0 Å². The summed E-state index contributed by atoms with van der Waals surface area (Å²) >= 11 is 0. The molecular formula is C28H28N4O2. The first-order valence-electron chi connectivity index (χ1n) is 11.8. The quantitative estimate of drug-likeness (QED) is 0.483. The summed E-state index contributed by atoms with van der Waals surface area (Å²) in [6.07, 6.45) is 0.762. The largest absolute Gasteiger partial charge is 0.340 e. The van der Waals surface area contributed by atoms with Gasteiger partial charge >= 0.3 is 0 Å². The van der Waals surface area contributed by atoms with E-state index in [0.29, 0.717) is 42.7 Å². The molecule has 3 aromatic carbocycles. The number of nitrogens with zero attached hydrogens (tertiary/aromatic N) is 3. The van der Waals surface area contributed by atoms with Gasteiger partial charge in [0, 0.05) is 39.0 Å². The maximum absolute atomic E-state index is 12.9. The number of H-pyrrole nitrogens is 1. The van der Waals surface area contributed by atoms with E-state index in [9.17, 15) is 9.59 Å². The number of aryl methyl sites for hydroxylation is 1. The molecule has 0 radical (unpaired) electrons. The van der Waals surface area contributed by atoms with Crippen LogP contribution in [0.2, 0.25) is 0 Å². The maximum atomic E-state index is 12.9. The minimum atomic E-state index is -0.158. The zero-order valence-electron chi connectivity index (χ0n) is 19.1. The van der Waals surface area contributed by atoms with E-state index in [1.807, 2.05) is 35.2 Å². The molecule has 0 aliphatic carbocycles. The lowest BCUT2D eigenvalue weighted by Crippen LogP contribution is -2.50. The Balaban J connectivity index is 1.23. The van der Waals surface area contributed by atoms with E-state index in [1.54, 1.807) is 6.07 Å². The predicted molar refractivity (Wildman–Crippen MR) is 134 cm³/mol. The fraction of sp³-hybridized carbons (Fsp3) is 0.250. The van der Waals surface area contributed by atoms with Crippen molar-refractivity contribution in [1.29, 1.82) is 0 Å². The molecule has 1 aromatic heterocycles. The number of rotatable bonds is 6. The summed E-state index contributed by atoms with van der Waals surface area (Å²) in [5, 5.41) is 0.570. The summed E-state index contributed by atoms with van der Waals surface area (Å²) in [6.45, 7) is 3.00. The van der Waals surface area contributed by atoms with Crippen molar-refractivity contribution in [2.24, 2.45) is 0 Å². The molecule has 1 fully saturated rings. The topological polar surface area (TPSA) is 69.3 Å². The molecule has 1 amide bonds. The third-order valence-electron chi connectivity index (χ3n) is 6.50. The predicted octanol–water partition coefficient (Wildman–Crippen LogP) is 3.79. The molecule has 5 rings (SSSR count). The Kier molecular flexibility index (Phi) is 6.49. The average Bonchev–Trinajstić information content (AvgIpc) is 2.89. The van der Waals surface area contributed by atoms with Crippen LogP contribution in [-0.4, -0.2) is 51.9 Å². The minimum absolute atomic E-state index is 0.103. The van der Waals surface area contributed by atoms with Crippen LogP contribution in [0.15, 0.2) is 89.7 Å². The number of nitrogens with one attached hydrogen (secondary N) is 1. The molecule has 0 bridgehead atoms. The zero-order valence-corrected chi connectivity index (χ0v) is 19.1. The van der Waals surface area contributed by atoms with Crippen molar-refractivity contribution in [1.82, 2.24) is 19.8 Å². The molecule has 6 heteroatoms. The van der Waals surface area contributed by atoms with Crippen LogP contribution < -0.4 is 5.56 Å². The third kappa shape index (κ3) is 4.77. The normalized spacial score (nSPS) is 14.6. The minimum Gasteiger partial charge on any atom is -0.340 e. The SMILES string of the molecule is O=C(CCc1nc2ccccc2c(=O)[nH]1)N1CCN(C(c2ccccc2)c2ccccc2)CC1.